The van der Waals surface area contributed by atoms with Crippen LogP contribution in [0.2, 0.25) is 0 Å². The van der Waals surface area contributed by atoms with Crippen molar-refractivity contribution < 1.29 is 4.21 Å². The van der Waals surface area contributed by atoms with E-state index in [1.165, 1.54) is 12.8 Å². The summed E-state index contributed by atoms with van der Waals surface area (Å²) in [5.74, 6) is 0.790. The number of anilines is 1. The van der Waals surface area contributed by atoms with E-state index in [9.17, 15) is 4.21 Å². The van der Waals surface area contributed by atoms with E-state index in [0.717, 1.165) is 29.2 Å². The van der Waals surface area contributed by atoms with Crippen LogP contribution in [-0.4, -0.2) is 9.46 Å². The van der Waals surface area contributed by atoms with Gasteiger partial charge in [-0.05, 0) is 56.2 Å². The molecule has 0 aliphatic heterocycles. The molecular formula is C14H21NOS. The molecule has 1 aliphatic carbocycles. The van der Waals surface area contributed by atoms with Crippen molar-refractivity contribution >= 4 is 16.5 Å². The van der Waals surface area contributed by atoms with Gasteiger partial charge in [0.1, 0.15) is 0 Å². The summed E-state index contributed by atoms with van der Waals surface area (Å²) in [6.45, 7) is 4.29. The molecule has 1 saturated carbocycles. The highest BCUT2D eigenvalue weighted by atomic mass is 32.2. The molecule has 0 aromatic heterocycles. The van der Waals surface area contributed by atoms with Crippen LogP contribution in [0.1, 0.15) is 38.2 Å². The average Bonchev–Trinajstić information content (AvgIpc) is 2.32. The highest BCUT2D eigenvalue weighted by molar-refractivity contribution is 7.85. The first kappa shape index (κ1) is 12.6. The zero-order valence-electron chi connectivity index (χ0n) is 10.6. The zero-order valence-corrected chi connectivity index (χ0v) is 11.4. The molecule has 2 N–H and O–H groups in total. The largest absolute Gasteiger partial charge is 0.398 e. The Labute approximate surface area is 106 Å². The fourth-order valence-electron chi connectivity index (χ4n) is 2.44. The lowest BCUT2D eigenvalue weighted by molar-refractivity contribution is 0.389. The number of nitrogens with two attached hydrogens (primary N) is 1. The van der Waals surface area contributed by atoms with E-state index in [1.54, 1.807) is 0 Å². The molecule has 94 valence electrons. The van der Waals surface area contributed by atoms with Gasteiger partial charge in [-0.2, -0.15) is 0 Å². The highest BCUT2D eigenvalue weighted by Crippen LogP contribution is 2.31. The van der Waals surface area contributed by atoms with Gasteiger partial charge in [0.15, 0.2) is 0 Å². The smallest absolute Gasteiger partial charge is 0.0622 e. The minimum Gasteiger partial charge on any atom is -0.398 e. The molecule has 2 rings (SSSR count). The molecular weight excluding hydrogens is 230 g/mol. The van der Waals surface area contributed by atoms with Gasteiger partial charge in [0.2, 0.25) is 0 Å². The van der Waals surface area contributed by atoms with Crippen LogP contribution in [0, 0.1) is 12.8 Å². The summed E-state index contributed by atoms with van der Waals surface area (Å²) in [6, 6.07) is 5.82. The van der Waals surface area contributed by atoms with Gasteiger partial charge in [0, 0.05) is 10.9 Å². The standard InChI is InChI=1S/C14H21NOS/c1-10-3-6-12(7-4-10)17(16)14-9-11(2)5-8-13(14)15/h5,8-10,12H,3-4,6-7,15H2,1-2H3. The van der Waals surface area contributed by atoms with E-state index >= 15 is 0 Å². The normalized spacial score (nSPS) is 26.7. The lowest BCUT2D eigenvalue weighted by Gasteiger charge is -2.25. The van der Waals surface area contributed by atoms with Crippen molar-refractivity contribution in [2.45, 2.75) is 49.7 Å². The van der Waals surface area contributed by atoms with Gasteiger partial charge < -0.3 is 5.73 Å². The Kier molecular flexibility index (Phi) is 3.87. The first-order valence-corrected chi connectivity index (χ1v) is 7.56. The highest BCUT2D eigenvalue weighted by Gasteiger charge is 2.25. The van der Waals surface area contributed by atoms with Crippen molar-refractivity contribution in [2.24, 2.45) is 5.92 Å². The van der Waals surface area contributed by atoms with Crippen LogP contribution in [0.25, 0.3) is 0 Å². The fourth-order valence-corrected chi connectivity index (χ4v) is 4.10. The van der Waals surface area contributed by atoms with Crippen molar-refractivity contribution in [1.82, 2.24) is 0 Å². The molecule has 0 amide bonds. The van der Waals surface area contributed by atoms with Gasteiger partial charge >= 0.3 is 0 Å². The van der Waals surface area contributed by atoms with Crippen molar-refractivity contribution in [3.8, 4) is 0 Å². The lowest BCUT2D eigenvalue weighted by Crippen LogP contribution is -2.22. The molecule has 1 atom stereocenters. The van der Waals surface area contributed by atoms with E-state index in [2.05, 4.69) is 6.92 Å². The quantitative estimate of drug-likeness (QED) is 0.820. The second-order valence-electron chi connectivity index (χ2n) is 5.22. The van der Waals surface area contributed by atoms with Crippen molar-refractivity contribution in [1.29, 1.82) is 0 Å². The molecule has 1 aromatic rings. The minimum atomic E-state index is -0.932. The van der Waals surface area contributed by atoms with Crippen LogP contribution in [0.15, 0.2) is 23.1 Å². The summed E-state index contributed by atoms with van der Waals surface area (Å²) >= 11 is 0. The van der Waals surface area contributed by atoms with Crippen LogP contribution in [-0.2, 0) is 10.8 Å². The van der Waals surface area contributed by atoms with Crippen LogP contribution in [0.4, 0.5) is 5.69 Å². The molecule has 0 heterocycles. The summed E-state index contributed by atoms with van der Waals surface area (Å²) < 4.78 is 12.5. The summed E-state index contributed by atoms with van der Waals surface area (Å²) in [4.78, 5) is 0.838. The lowest BCUT2D eigenvalue weighted by atomic mass is 9.91. The molecule has 1 aromatic carbocycles. The number of nitrogen functional groups attached to an aromatic ring is 1. The third kappa shape index (κ3) is 2.89. The average molecular weight is 251 g/mol. The Hall–Kier alpha value is -0.830. The van der Waals surface area contributed by atoms with Gasteiger partial charge in [0.25, 0.3) is 0 Å². The summed E-state index contributed by atoms with van der Waals surface area (Å²) in [5, 5.41) is 0.301. The predicted octanol–water partition coefficient (Wildman–Crippen LogP) is 3.26. The van der Waals surface area contributed by atoms with Crippen molar-refractivity contribution in [3.63, 3.8) is 0 Å². The number of hydrogen-bond donors (Lipinski definition) is 1. The van der Waals surface area contributed by atoms with E-state index in [4.69, 9.17) is 5.73 Å². The number of aryl methyl sites for hydroxylation is 1. The number of rotatable bonds is 2. The Balaban J connectivity index is 2.16. The third-order valence-corrected chi connectivity index (χ3v) is 5.52. The van der Waals surface area contributed by atoms with Gasteiger partial charge in [-0.15, -0.1) is 0 Å². The van der Waals surface area contributed by atoms with Crippen LogP contribution >= 0.6 is 0 Å². The molecule has 2 nitrogen and oxygen atoms in total. The Morgan fingerprint density at radius 2 is 1.88 bits per heavy atom. The van der Waals surface area contributed by atoms with Gasteiger partial charge in [0.05, 0.1) is 15.7 Å². The van der Waals surface area contributed by atoms with E-state index in [0.29, 0.717) is 10.9 Å². The van der Waals surface area contributed by atoms with Crippen molar-refractivity contribution in [2.75, 3.05) is 5.73 Å². The SMILES string of the molecule is Cc1ccc(N)c(S(=O)C2CCC(C)CC2)c1. The summed E-state index contributed by atoms with van der Waals surface area (Å²) in [7, 11) is -0.932. The maximum atomic E-state index is 12.5. The molecule has 0 bridgehead atoms. The topological polar surface area (TPSA) is 43.1 Å². The van der Waals surface area contributed by atoms with Gasteiger partial charge in [-0.3, -0.25) is 4.21 Å². The molecule has 0 radical (unpaired) electrons. The Morgan fingerprint density at radius 1 is 1.24 bits per heavy atom. The molecule has 0 spiro atoms. The second-order valence-corrected chi connectivity index (χ2v) is 6.92. The van der Waals surface area contributed by atoms with E-state index in [-0.39, 0.29) is 0 Å². The first-order valence-electron chi connectivity index (χ1n) is 6.34. The van der Waals surface area contributed by atoms with Gasteiger partial charge in [-0.1, -0.05) is 13.0 Å². The molecule has 1 aliphatic rings. The molecule has 0 saturated heterocycles. The molecule has 1 fully saturated rings. The number of hydrogen-bond acceptors (Lipinski definition) is 2. The van der Waals surface area contributed by atoms with E-state index < -0.39 is 10.8 Å². The number of benzene rings is 1. The van der Waals surface area contributed by atoms with Gasteiger partial charge in [-0.25, -0.2) is 0 Å². The monoisotopic (exact) mass is 251 g/mol. The predicted molar refractivity (Wildman–Crippen MR) is 73.4 cm³/mol. The summed E-state index contributed by atoms with van der Waals surface area (Å²) in [6.07, 6.45) is 4.53. The third-order valence-electron chi connectivity index (χ3n) is 3.65. The Morgan fingerprint density at radius 3 is 2.53 bits per heavy atom. The van der Waals surface area contributed by atoms with Crippen LogP contribution in [0.3, 0.4) is 0 Å². The maximum Gasteiger partial charge on any atom is 0.0622 e. The maximum absolute atomic E-state index is 12.5. The van der Waals surface area contributed by atoms with E-state index in [1.807, 2.05) is 25.1 Å². The van der Waals surface area contributed by atoms with Crippen molar-refractivity contribution in [3.05, 3.63) is 23.8 Å². The molecule has 3 heteroatoms. The summed E-state index contributed by atoms with van der Waals surface area (Å²) in [5.41, 5.74) is 7.74. The fraction of sp³-hybridized carbons (Fsp3) is 0.571. The molecule has 17 heavy (non-hydrogen) atoms. The minimum absolute atomic E-state index is 0.301. The second kappa shape index (κ2) is 5.21. The Bertz CT molecular complexity index is 422. The molecule has 1 unspecified atom stereocenters. The van der Waals surface area contributed by atoms with Crippen LogP contribution in [0.5, 0.6) is 0 Å². The first-order chi connectivity index (χ1) is 8.08. The van der Waals surface area contributed by atoms with Crippen LogP contribution < -0.4 is 5.73 Å². The zero-order chi connectivity index (χ0) is 12.4.